The van der Waals surface area contributed by atoms with Gasteiger partial charge in [-0.15, -0.1) is 0 Å². The summed E-state index contributed by atoms with van der Waals surface area (Å²) in [5.41, 5.74) is 1.60. The highest BCUT2D eigenvalue weighted by atomic mass is 32.2. The van der Waals surface area contributed by atoms with Crippen molar-refractivity contribution in [2.45, 2.75) is 4.90 Å². The van der Waals surface area contributed by atoms with Crippen molar-refractivity contribution >= 4 is 15.7 Å². The molecule has 0 radical (unpaired) electrons. The molecule has 2 aliphatic heterocycles. The van der Waals surface area contributed by atoms with Crippen LogP contribution in [-0.4, -0.2) is 45.7 Å². The maximum absolute atomic E-state index is 12.9. The third kappa shape index (κ3) is 2.96. The van der Waals surface area contributed by atoms with Crippen molar-refractivity contribution in [1.29, 1.82) is 5.26 Å². The van der Waals surface area contributed by atoms with Crippen molar-refractivity contribution in [1.82, 2.24) is 4.31 Å². The van der Waals surface area contributed by atoms with Gasteiger partial charge in [-0.3, -0.25) is 0 Å². The van der Waals surface area contributed by atoms with Crippen molar-refractivity contribution in [2.75, 3.05) is 37.9 Å². The van der Waals surface area contributed by atoms with Crippen molar-refractivity contribution in [3.05, 3.63) is 48.0 Å². The molecule has 0 unspecified atom stereocenters. The van der Waals surface area contributed by atoms with E-state index in [0.29, 0.717) is 43.2 Å². The second kappa shape index (κ2) is 6.52. The molecule has 0 bridgehead atoms. The van der Waals surface area contributed by atoms with Crippen LogP contribution in [0, 0.1) is 11.3 Å². The van der Waals surface area contributed by atoms with Gasteiger partial charge < -0.3 is 14.4 Å². The summed E-state index contributed by atoms with van der Waals surface area (Å²) in [6.07, 6.45) is 0. The SMILES string of the molecule is N#Cc1ccc(N2CCN(S(=O)(=O)c3ccc4c(c3)OCO4)CC2)cc1. The molecule has 2 aliphatic rings. The van der Waals surface area contributed by atoms with E-state index in [1.165, 1.54) is 10.4 Å². The van der Waals surface area contributed by atoms with Crippen LogP contribution in [0.1, 0.15) is 5.56 Å². The molecule has 1 saturated heterocycles. The molecular formula is C18H17N3O4S. The number of rotatable bonds is 3. The zero-order chi connectivity index (χ0) is 18.1. The topological polar surface area (TPSA) is 82.9 Å². The first-order valence-corrected chi connectivity index (χ1v) is 9.67. The number of hydrogen-bond donors (Lipinski definition) is 0. The summed E-state index contributed by atoms with van der Waals surface area (Å²) in [7, 11) is -3.57. The lowest BCUT2D eigenvalue weighted by Crippen LogP contribution is -2.48. The quantitative estimate of drug-likeness (QED) is 0.818. The molecule has 2 heterocycles. The second-order valence-electron chi connectivity index (χ2n) is 6.06. The van der Waals surface area contributed by atoms with Crippen LogP contribution in [-0.2, 0) is 10.0 Å². The molecule has 2 aromatic rings. The fraction of sp³-hybridized carbons (Fsp3) is 0.278. The number of nitriles is 1. The van der Waals surface area contributed by atoms with Gasteiger partial charge in [-0.05, 0) is 36.4 Å². The lowest BCUT2D eigenvalue weighted by Gasteiger charge is -2.35. The van der Waals surface area contributed by atoms with E-state index in [9.17, 15) is 8.42 Å². The first-order valence-electron chi connectivity index (χ1n) is 8.23. The molecule has 0 spiro atoms. The second-order valence-corrected chi connectivity index (χ2v) is 8.00. The number of ether oxygens (including phenoxy) is 2. The summed E-state index contributed by atoms with van der Waals surface area (Å²) in [6.45, 7) is 2.10. The normalized spacial score (nSPS) is 17.1. The molecule has 0 aromatic heterocycles. The number of anilines is 1. The fourth-order valence-electron chi connectivity index (χ4n) is 3.12. The van der Waals surface area contributed by atoms with Gasteiger partial charge in [0.25, 0.3) is 0 Å². The van der Waals surface area contributed by atoms with Crippen molar-refractivity contribution in [3.63, 3.8) is 0 Å². The van der Waals surface area contributed by atoms with Gasteiger partial charge in [-0.25, -0.2) is 8.42 Å². The van der Waals surface area contributed by atoms with E-state index >= 15 is 0 Å². The first kappa shape index (κ1) is 16.7. The van der Waals surface area contributed by atoms with Crippen LogP contribution in [0.2, 0.25) is 0 Å². The zero-order valence-corrected chi connectivity index (χ0v) is 14.8. The molecule has 0 atom stereocenters. The van der Waals surface area contributed by atoms with Crippen molar-refractivity contribution in [3.8, 4) is 17.6 Å². The van der Waals surface area contributed by atoms with E-state index in [2.05, 4.69) is 11.0 Å². The highest BCUT2D eigenvalue weighted by Gasteiger charge is 2.30. The van der Waals surface area contributed by atoms with Gasteiger partial charge in [-0.1, -0.05) is 0 Å². The monoisotopic (exact) mass is 371 g/mol. The third-order valence-corrected chi connectivity index (χ3v) is 6.48. The lowest BCUT2D eigenvalue weighted by atomic mass is 10.2. The number of piperazine rings is 1. The molecule has 7 nitrogen and oxygen atoms in total. The average molecular weight is 371 g/mol. The molecular weight excluding hydrogens is 354 g/mol. The van der Waals surface area contributed by atoms with E-state index in [1.807, 2.05) is 12.1 Å². The highest BCUT2D eigenvalue weighted by molar-refractivity contribution is 7.89. The standard InChI is InChI=1S/C18H17N3O4S/c19-12-14-1-3-15(4-2-14)20-7-9-21(10-8-20)26(22,23)16-5-6-17-18(11-16)25-13-24-17/h1-6,11H,7-10,13H2. The molecule has 0 amide bonds. The maximum atomic E-state index is 12.9. The van der Waals surface area contributed by atoms with Crippen LogP contribution >= 0.6 is 0 Å². The number of nitrogens with zero attached hydrogens (tertiary/aromatic N) is 3. The van der Waals surface area contributed by atoms with Crippen LogP contribution in [0.4, 0.5) is 5.69 Å². The number of sulfonamides is 1. The maximum Gasteiger partial charge on any atom is 0.243 e. The van der Waals surface area contributed by atoms with Gasteiger partial charge in [0.2, 0.25) is 16.8 Å². The molecule has 4 rings (SSSR count). The minimum Gasteiger partial charge on any atom is -0.454 e. The molecule has 0 saturated carbocycles. The Bertz CT molecular complexity index is 959. The van der Waals surface area contributed by atoms with Crippen LogP contribution in [0.3, 0.4) is 0 Å². The number of benzene rings is 2. The molecule has 0 N–H and O–H groups in total. The summed E-state index contributed by atoms with van der Waals surface area (Å²) in [6, 6.07) is 14.1. The molecule has 1 fully saturated rings. The summed E-state index contributed by atoms with van der Waals surface area (Å²) in [5, 5.41) is 8.88. The van der Waals surface area contributed by atoms with E-state index in [1.54, 1.807) is 24.3 Å². The Morgan fingerprint density at radius 2 is 1.62 bits per heavy atom. The highest BCUT2D eigenvalue weighted by Crippen LogP contribution is 2.34. The number of fused-ring (bicyclic) bond motifs is 1. The van der Waals surface area contributed by atoms with E-state index < -0.39 is 10.0 Å². The van der Waals surface area contributed by atoms with Gasteiger partial charge in [0.1, 0.15) is 0 Å². The predicted molar refractivity (Wildman–Crippen MR) is 94.7 cm³/mol. The molecule has 134 valence electrons. The predicted octanol–water partition coefficient (Wildman–Crippen LogP) is 1.80. The Morgan fingerprint density at radius 3 is 2.31 bits per heavy atom. The summed E-state index contributed by atoms with van der Waals surface area (Å²) in [5.74, 6) is 1.02. The van der Waals surface area contributed by atoms with E-state index in [0.717, 1.165) is 5.69 Å². The third-order valence-electron chi connectivity index (χ3n) is 4.58. The Kier molecular flexibility index (Phi) is 4.18. The van der Waals surface area contributed by atoms with Crippen molar-refractivity contribution in [2.24, 2.45) is 0 Å². The van der Waals surface area contributed by atoms with Crippen molar-refractivity contribution < 1.29 is 17.9 Å². The van der Waals surface area contributed by atoms with Gasteiger partial charge in [0.05, 0.1) is 16.5 Å². The van der Waals surface area contributed by atoms with Crippen LogP contribution in [0.25, 0.3) is 0 Å². The van der Waals surface area contributed by atoms with Gasteiger partial charge in [-0.2, -0.15) is 9.57 Å². The Hall–Kier alpha value is -2.76. The Labute approximate surface area is 152 Å². The summed E-state index contributed by atoms with van der Waals surface area (Å²) >= 11 is 0. The van der Waals surface area contributed by atoms with Crippen LogP contribution < -0.4 is 14.4 Å². The average Bonchev–Trinajstić information content (AvgIpc) is 3.16. The zero-order valence-electron chi connectivity index (χ0n) is 14.0. The van der Waals surface area contributed by atoms with Gasteiger partial charge in [0.15, 0.2) is 11.5 Å². The van der Waals surface area contributed by atoms with Crippen LogP contribution in [0.15, 0.2) is 47.4 Å². The minimum atomic E-state index is -3.57. The molecule has 0 aliphatic carbocycles. The van der Waals surface area contributed by atoms with E-state index in [4.69, 9.17) is 14.7 Å². The lowest BCUT2D eigenvalue weighted by molar-refractivity contribution is 0.174. The summed E-state index contributed by atoms with van der Waals surface area (Å²) in [4.78, 5) is 2.33. The van der Waals surface area contributed by atoms with Crippen LogP contribution in [0.5, 0.6) is 11.5 Å². The molecule has 2 aromatic carbocycles. The van der Waals surface area contributed by atoms with Gasteiger partial charge in [0, 0.05) is 37.9 Å². The largest absolute Gasteiger partial charge is 0.454 e. The molecule has 8 heteroatoms. The number of hydrogen-bond acceptors (Lipinski definition) is 6. The fourth-order valence-corrected chi connectivity index (χ4v) is 4.56. The Balaban J connectivity index is 1.47. The Morgan fingerprint density at radius 1 is 0.923 bits per heavy atom. The molecule has 26 heavy (non-hydrogen) atoms. The van der Waals surface area contributed by atoms with Gasteiger partial charge >= 0.3 is 0 Å². The minimum absolute atomic E-state index is 0.113. The smallest absolute Gasteiger partial charge is 0.243 e. The first-order chi connectivity index (χ1) is 12.6. The van der Waals surface area contributed by atoms with E-state index in [-0.39, 0.29) is 11.7 Å². The summed E-state index contributed by atoms with van der Waals surface area (Å²) < 4.78 is 37.8.